The Morgan fingerprint density at radius 2 is 2.06 bits per heavy atom. The second kappa shape index (κ2) is 4.48. The molecule has 1 amide bonds. The van der Waals surface area contributed by atoms with E-state index in [1.165, 1.54) is 12.1 Å². The number of carbonyl (C=O) groups is 2. The van der Waals surface area contributed by atoms with Crippen molar-refractivity contribution in [2.75, 3.05) is 0 Å². The predicted octanol–water partition coefficient (Wildman–Crippen LogP) is 2.29. The highest BCUT2D eigenvalue weighted by Gasteiger charge is 2.32. The van der Waals surface area contributed by atoms with Crippen molar-refractivity contribution < 1.29 is 19.1 Å². The fourth-order valence-corrected chi connectivity index (χ4v) is 2.39. The Bertz CT molecular complexity index is 475. The van der Waals surface area contributed by atoms with E-state index in [0.29, 0.717) is 0 Å². The quantitative estimate of drug-likeness (QED) is 0.863. The van der Waals surface area contributed by atoms with Crippen molar-refractivity contribution in [3.05, 3.63) is 23.7 Å². The first-order valence-electron chi connectivity index (χ1n) is 6.01. The van der Waals surface area contributed by atoms with Crippen molar-refractivity contribution in [2.45, 2.75) is 39.2 Å². The summed E-state index contributed by atoms with van der Waals surface area (Å²) >= 11 is 0. The number of aromatic carboxylic acids is 1. The van der Waals surface area contributed by atoms with Crippen LogP contribution in [0.1, 0.15) is 54.2 Å². The van der Waals surface area contributed by atoms with E-state index in [0.717, 1.165) is 19.3 Å². The van der Waals surface area contributed by atoms with Crippen molar-refractivity contribution in [3.8, 4) is 0 Å². The summed E-state index contributed by atoms with van der Waals surface area (Å²) in [5.74, 6) is -1.68. The van der Waals surface area contributed by atoms with E-state index < -0.39 is 5.97 Å². The van der Waals surface area contributed by atoms with Gasteiger partial charge in [-0.2, -0.15) is 0 Å². The molecule has 0 bridgehead atoms. The van der Waals surface area contributed by atoms with Gasteiger partial charge in [0.2, 0.25) is 5.76 Å². The average molecular weight is 251 g/mol. The highest BCUT2D eigenvalue weighted by atomic mass is 16.4. The second-order valence-corrected chi connectivity index (χ2v) is 5.55. The van der Waals surface area contributed by atoms with E-state index in [-0.39, 0.29) is 28.9 Å². The van der Waals surface area contributed by atoms with Crippen molar-refractivity contribution in [1.29, 1.82) is 0 Å². The number of hydrogen-bond acceptors (Lipinski definition) is 3. The van der Waals surface area contributed by atoms with Crippen LogP contribution in [0.4, 0.5) is 0 Å². The maximum atomic E-state index is 11.8. The third-order valence-electron chi connectivity index (χ3n) is 3.34. The smallest absolute Gasteiger partial charge is 0.371 e. The van der Waals surface area contributed by atoms with Gasteiger partial charge in [-0.1, -0.05) is 13.8 Å². The first-order valence-corrected chi connectivity index (χ1v) is 6.01. The lowest BCUT2D eigenvalue weighted by molar-refractivity contribution is 0.0659. The maximum Gasteiger partial charge on any atom is 0.371 e. The maximum absolute atomic E-state index is 11.8. The standard InChI is InChI=1S/C13H17NO4/c1-13(2)6-5-8(7-13)14-11(15)9-3-4-10(18-9)12(16)17/h3-4,8H,5-7H2,1-2H3,(H,14,15)(H,16,17). The SMILES string of the molecule is CC1(C)CCC(NC(=O)c2ccc(C(=O)O)o2)C1. The summed E-state index contributed by atoms with van der Waals surface area (Å²) in [5.41, 5.74) is 0.257. The molecule has 0 saturated heterocycles. The molecule has 0 aliphatic heterocycles. The lowest BCUT2D eigenvalue weighted by atomic mass is 9.92. The second-order valence-electron chi connectivity index (χ2n) is 5.55. The van der Waals surface area contributed by atoms with Gasteiger partial charge in [-0.25, -0.2) is 4.79 Å². The molecule has 1 saturated carbocycles. The van der Waals surface area contributed by atoms with Gasteiger partial charge in [-0.15, -0.1) is 0 Å². The van der Waals surface area contributed by atoms with E-state index in [2.05, 4.69) is 19.2 Å². The van der Waals surface area contributed by atoms with E-state index >= 15 is 0 Å². The van der Waals surface area contributed by atoms with Crippen LogP contribution < -0.4 is 5.32 Å². The molecule has 1 heterocycles. The molecule has 2 rings (SSSR count). The summed E-state index contributed by atoms with van der Waals surface area (Å²) in [6, 6.07) is 2.82. The van der Waals surface area contributed by atoms with Gasteiger partial charge in [0.15, 0.2) is 5.76 Å². The third kappa shape index (κ3) is 2.72. The zero-order chi connectivity index (χ0) is 13.3. The summed E-state index contributed by atoms with van der Waals surface area (Å²) in [6.45, 7) is 4.35. The topological polar surface area (TPSA) is 79.5 Å². The van der Waals surface area contributed by atoms with Gasteiger partial charge in [-0.3, -0.25) is 4.79 Å². The normalized spacial score (nSPS) is 21.8. The summed E-state index contributed by atoms with van der Waals surface area (Å²) in [7, 11) is 0. The molecular formula is C13H17NO4. The van der Waals surface area contributed by atoms with Gasteiger partial charge in [0.25, 0.3) is 5.91 Å². The van der Waals surface area contributed by atoms with E-state index in [4.69, 9.17) is 9.52 Å². The molecule has 1 fully saturated rings. The van der Waals surface area contributed by atoms with Crippen LogP contribution in [0, 0.1) is 5.41 Å². The summed E-state index contributed by atoms with van der Waals surface area (Å²) in [4.78, 5) is 22.5. The fourth-order valence-electron chi connectivity index (χ4n) is 2.39. The van der Waals surface area contributed by atoms with Crippen LogP contribution in [0.25, 0.3) is 0 Å². The average Bonchev–Trinajstić information content (AvgIpc) is 2.85. The number of carboxylic acid groups (broad SMARTS) is 1. The van der Waals surface area contributed by atoms with Crippen LogP contribution in [-0.4, -0.2) is 23.0 Å². The molecule has 1 aromatic rings. The number of carbonyl (C=O) groups excluding carboxylic acids is 1. The van der Waals surface area contributed by atoms with Crippen molar-refractivity contribution in [2.24, 2.45) is 5.41 Å². The van der Waals surface area contributed by atoms with Gasteiger partial charge in [0.05, 0.1) is 0 Å². The highest BCUT2D eigenvalue weighted by Crippen LogP contribution is 2.36. The number of rotatable bonds is 3. The number of furan rings is 1. The van der Waals surface area contributed by atoms with Gasteiger partial charge in [-0.05, 0) is 36.8 Å². The number of carboxylic acids is 1. The third-order valence-corrected chi connectivity index (χ3v) is 3.34. The largest absolute Gasteiger partial charge is 0.475 e. The summed E-state index contributed by atoms with van der Waals surface area (Å²) < 4.78 is 4.96. The van der Waals surface area contributed by atoms with Crippen molar-refractivity contribution in [1.82, 2.24) is 5.32 Å². The number of hydrogen-bond donors (Lipinski definition) is 2. The molecule has 1 unspecified atom stereocenters. The van der Waals surface area contributed by atoms with Crippen molar-refractivity contribution in [3.63, 3.8) is 0 Å². The Hall–Kier alpha value is -1.78. The van der Waals surface area contributed by atoms with Gasteiger partial charge >= 0.3 is 5.97 Å². The minimum Gasteiger partial charge on any atom is -0.475 e. The molecule has 0 spiro atoms. The first-order chi connectivity index (χ1) is 8.37. The monoisotopic (exact) mass is 251 g/mol. The predicted molar refractivity (Wildman–Crippen MR) is 64.6 cm³/mol. The zero-order valence-electron chi connectivity index (χ0n) is 10.5. The van der Waals surface area contributed by atoms with Crippen LogP contribution in [-0.2, 0) is 0 Å². The van der Waals surface area contributed by atoms with Gasteiger partial charge in [0.1, 0.15) is 0 Å². The molecule has 0 aromatic carbocycles. The summed E-state index contributed by atoms with van der Waals surface area (Å²) in [5, 5.41) is 11.6. The molecule has 1 aromatic heterocycles. The Balaban J connectivity index is 1.97. The molecular weight excluding hydrogens is 234 g/mol. The Labute approximate surface area is 105 Å². The minimum absolute atomic E-state index is 0.0529. The number of amides is 1. The van der Waals surface area contributed by atoms with Gasteiger partial charge in [0, 0.05) is 6.04 Å². The van der Waals surface area contributed by atoms with Crippen LogP contribution in [0.5, 0.6) is 0 Å². The fraction of sp³-hybridized carbons (Fsp3) is 0.538. The minimum atomic E-state index is -1.17. The molecule has 2 N–H and O–H groups in total. The van der Waals surface area contributed by atoms with E-state index in [9.17, 15) is 9.59 Å². The van der Waals surface area contributed by atoms with Crippen LogP contribution >= 0.6 is 0 Å². The van der Waals surface area contributed by atoms with E-state index in [1.807, 2.05) is 0 Å². The summed E-state index contributed by atoms with van der Waals surface area (Å²) in [6.07, 6.45) is 2.97. The molecule has 1 atom stereocenters. The lowest BCUT2D eigenvalue weighted by Gasteiger charge is -2.17. The molecule has 5 nitrogen and oxygen atoms in total. The van der Waals surface area contributed by atoms with Crippen LogP contribution in [0.15, 0.2) is 16.5 Å². The molecule has 5 heteroatoms. The molecule has 98 valence electrons. The molecule has 18 heavy (non-hydrogen) atoms. The van der Waals surface area contributed by atoms with Crippen LogP contribution in [0.2, 0.25) is 0 Å². The molecule has 0 radical (unpaired) electrons. The molecule has 1 aliphatic rings. The Morgan fingerprint density at radius 1 is 1.39 bits per heavy atom. The Morgan fingerprint density at radius 3 is 2.56 bits per heavy atom. The van der Waals surface area contributed by atoms with Gasteiger partial charge < -0.3 is 14.8 Å². The number of nitrogens with one attached hydrogen (secondary N) is 1. The zero-order valence-corrected chi connectivity index (χ0v) is 10.5. The highest BCUT2D eigenvalue weighted by molar-refractivity contribution is 5.93. The first kappa shape index (κ1) is 12.7. The van der Waals surface area contributed by atoms with E-state index in [1.54, 1.807) is 0 Å². The molecule has 1 aliphatic carbocycles. The Kier molecular flexibility index (Phi) is 3.15. The van der Waals surface area contributed by atoms with Crippen LogP contribution in [0.3, 0.4) is 0 Å². The lowest BCUT2D eigenvalue weighted by Crippen LogP contribution is -2.33. The van der Waals surface area contributed by atoms with Crippen molar-refractivity contribution >= 4 is 11.9 Å².